The van der Waals surface area contributed by atoms with Crippen molar-refractivity contribution < 1.29 is 19.1 Å². The van der Waals surface area contributed by atoms with Gasteiger partial charge in [0.15, 0.2) is 0 Å². The summed E-state index contributed by atoms with van der Waals surface area (Å²) in [6, 6.07) is 0. The number of hydrogen-bond acceptors (Lipinski definition) is 4. The Morgan fingerprint density at radius 3 is 2.27 bits per heavy atom. The molecule has 0 bridgehead atoms. The van der Waals surface area contributed by atoms with E-state index in [2.05, 4.69) is 4.74 Å². The predicted molar refractivity (Wildman–Crippen MR) is 54.4 cm³/mol. The average Bonchev–Trinajstić information content (AvgIpc) is 2.49. The number of ketones is 1. The van der Waals surface area contributed by atoms with E-state index in [9.17, 15) is 9.59 Å². The van der Waals surface area contributed by atoms with Crippen molar-refractivity contribution in [3.8, 4) is 0 Å². The lowest BCUT2D eigenvalue weighted by molar-refractivity contribution is -0.138. The summed E-state index contributed by atoms with van der Waals surface area (Å²) in [5.41, 5.74) is 0. The normalized spacial score (nSPS) is 25.3. The van der Waals surface area contributed by atoms with Gasteiger partial charge in [-0.3, -0.25) is 9.59 Å². The van der Waals surface area contributed by atoms with E-state index in [1.165, 1.54) is 0 Å². The van der Waals surface area contributed by atoms with Crippen molar-refractivity contribution in [2.24, 2.45) is 5.92 Å². The van der Waals surface area contributed by atoms with Crippen LogP contribution >= 0.6 is 0 Å². The molecule has 0 amide bonds. The van der Waals surface area contributed by atoms with E-state index in [-0.39, 0.29) is 12.1 Å². The van der Waals surface area contributed by atoms with E-state index in [0.717, 1.165) is 6.61 Å². The van der Waals surface area contributed by atoms with Crippen LogP contribution in [0.2, 0.25) is 0 Å². The fourth-order valence-electron chi connectivity index (χ4n) is 1.44. The summed E-state index contributed by atoms with van der Waals surface area (Å²) >= 11 is 0. The fraction of sp³-hybridized carbons (Fsp3) is 0.818. The maximum Gasteiger partial charge on any atom is 0.306 e. The second-order valence-corrected chi connectivity index (χ2v) is 4.02. The van der Waals surface area contributed by atoms with Crippen molar-refractivity contribution in [1.29, 1.82) is 0 Å². The highest BCUT2D eigenvalue weighted by atomic mass is 16.5. The summed E-state index contributed by atoms with van der Waals surface area (Å²) in [7, 11) is 0. The lowest BCUT2D eigenvalue weighted by Gasteiger charge is -2.23. The molecule has 2 rings (SSSR count). The van der Waals surface area contributed by atoms with Gasteiger partial charge in [0.25, 0.3) is 0 Å². The Hall–Kier alpha value is -0.900. The van der Waals surface area contributed by atoms with Gasteiger partial charge in [-0.2, -0.15) is 0 Å². The molecule has 0 N–H and O–H groups in total. The minimum absolute atomic E-state index is 0.0486. The number of rotatable bonds is 2. The number of hydrogen-bond donors (Lipinski definition) is 0. The van der Waals surface area contributed by atoms with E-state index in [4.69, 9.17) is 4.74 Å². The summed E-state index contributed by atoms with van der Waals surface area (Å²) < 4.78 is 9.75. The van der Waals surface area contributed by atoms with Gasteiger partial charge >= 0.3 is 5.97 Å². The molecule has 1 heterocycles. The van der Waals surface area contributed by atoms with Crippen molar-refractivity contribution in [3.63, 3.8) is 0 Å². The summed E-state index contributed by atoms with van der Waals surface area (Å²) in [4.78, 5) is 20.5. The predicted octanol–water partition coefficient (Wildman–Crippen LogP) is 1.32. The van der Waals surface area contributed by atoms with Crippen LogP contribution in [-0.4, -0.2) is 31.1 Å². The number of Topliss-reactive ketones (excluding diaryl/α,β-unsaturated/α-hetero) is 1. The largest absolute Gasteiger partial charge is 0.465 e. The Bertz CT molecular complexity index is 229. The van der Waals surface area contributed by atoms with Gasteiger partial charge in [-0.1, -0.05) is 6.92 Å². The maximum atomic E-state index is 10.3. The molecule has 0 aromatic rings. The van der Waals surface area contributed by atoms with Gasteiger partial charge in [0.1, 0.15) is 5.78 Å². The molecule has 0 spiro atoms. The standard InChI is InChI=1S/C6H10O2.C5H8O2/c1-2-8-6-3-5(7)4-6;1-4-2-5(6)7-3-4/h6H,2-4H2,1H3;4H,2-3H2,1H3. The topological polar surface area (TPSA) is 52.6 Å². The maximum absolute atomic E-state index is 10.3. The molecule has 4 heteroatoms. The molecule has 2 fully saturated rings. The smallest absolute Gasteiger partial charge is 0.306 e. The summed E-state index contributed by atoms with van der Waals surface area (Å²) in [6.45, 7) is 5.31. The Labute approximate surface area is 89.9 Å². The molecule has 0 aromatic carbocycles. The van der Waals surface area contributed by atoms with E-state index in [0.29, 0.717) is 37.6 Å². The van der Waals surface area contributed by atoms with Crippen LogP contribution < -0.4 is 0 Å². The Morgan fingerprint density at radius 2 is 2.00 bits per heavy atom. The van der Waals surface area contributed by atoms with E-state index >= 15 is 0 Å². The van der Waals surface area contributed by atoms with E-state index < -0.39 is 0 Å². The molecule has 0 aromatic heterocycles. The highest BCUT2D eigenvalue weighted by Crippen LogP contribution is 2.17. The Balaban J connectivity index is 0.000000151. The lowest BCUT2D eigenvalue weighted by Crippen LogP contribution is -2.31. The van der Waals surface area contributed by atoms with Gasteiger partial charge in [-0.25, -0.2) is 0 Å². The molecule has 4 nitrogen and oxygen atoms in total. The molecular weight excluding hydrogens is 196 g/mol. The van der Waals surface area contributed by atoms with Crippen LogP contribution in [0.25, 0.3) is 0 Å². The summed E-state index contributed by atoms with van der Waals surface area (Å²) in [5, 5.41) is 0. The van der Waals surface area contributed by atoms with Gasteiger partial charge in [-0.05, 0) is 6.92 Å². The van der Waals surface area contributed by atoms with Crippen LogP contribution in [0.1, 0.15) is 33.1 Å². The Morgan fingerprint density at radius 1 is 1.33 bits per heavy atom. The number of cyclic esters (lactones) is 1. The van der Waals surface area contributed by atoms with Gasteiger partial charge in [0, 0.05) is 25.4 Å². The lowest BCUT2D eigenvalue weighted by atomic mass is 9.94. The molecule has 2 aliphatic rings. The van der Waals surface area contributed by atoms with Crippen LogP contribution in [0.3, 0.4) is 0 Å². The average molecular weight is 214 g/mol. The fourth-order valence-corrected chi connectivity index (χ4v) is 1.44. The number of ether oxygens (including phenoxy) is 2. The number of esters is 1. The third kappa shape index (κ3) is 4.42. The summed E-state index contributed by atoms with van der Waals surface area (Å²) in [6.07, 6.45) is 2.16. The van der Waals surface area contributed by atoms with Crippen LogP contribution in [-0.2, 0) is 19.1 Å². The SMILES string of the molecule is CC1COC(=O)C1.CCOC1CC(=O)C1. The van der Waals surface area contributed by atoms with Crippen LogP contribution in [0.4, 0.5) is 0 Å². The molecule has 1 saturated carbocycles. The van der Waals surface area contributed by atoms with Crippen LogP contribution in [0.5, 0.6) is 0 Å². The quantitative estimate of drug-likeness (QED) is 0.651. The first kappa shape index (κ1) is 12.2. The molecule has 1 atom stereocenters. The second kappa shape index (κ2) is 5.85. The molecule has 1 aliphatic carbocycles. The molecule has 1 unspecified atom stereocenters. The number of carbonyl (C=O) groups excluding carboxylic acids is 2. The molecular formula is C11H18O4. The third-order valence-electron chi connectivity index (χ3n) is 2.36. The number of carbonyl (C=O) groups is 2. The first-order chi connectivity index (χ1) is 7.11. The highest BCUT2D eigenvalue weighted by Gasteiger charge is 2.26. The van der Waals surface area contributed by atoms with Crippen molar-refractivity contribution >= 4 is 11.8 Å². The third-order valence-corrected chi connectivity index (χ3v) is 2.36. The summed E-state index contributed by atoms with van der Waals surface area (Å²) in [5.74, 6) is 0.739. The second-order valence-electron chi connectivity index (χ2n) is 4.02. The van der Waals surface area contributed by atoms with Crippen molar-refractivity contribution in [3.05, 3.63) is 0 Å². The first-order valence-electron chi connectivity index (χ1n) is 5.40. The molecule has 86 valence electrons. The van der Waals surface area contributed by atoms with Crippen molar-refractivity contribution in [2.45, 2.75) is 39.2 Å². The van der Waals surface area contributed by atoms with Gasteiger partial charge in [-0.15, -0.1) is 0 Å². The Kier molecular flexibility index (Phi) is 4.75. The van der Waals surface area contributed by atoms with Crippen molar-refractivity contribution in [1.82, 2.24) is 0 Å². The zero-order valence-corrected chi connectivity index (χ0v) is 9.32. The van der Waals surface area contributed by atoms with Gasteiger partial charge in [0.2, 0.25) is 0 Å². The molecule has 15 heavy (non-hydrogen) atoms. The molecule has 1 aliphatic heterocycles. The zero-order valence-electron chi connectivity index (χ0n) is 9.32. The molecule has 1 saturated heterocycles. The minimum Gasteiger partial charge on any atom is -0.465 e. The van der Waals surface area contributed by atoms with E-state index in [1.807, 2.05) is 13.8 Å². The van der Waals surface area contributed by atoms with Crippen molar-refractivity contribution in [2.75, 3.05) is 13.2 Å². The monoisotopic (exact) mass is 214 g/mol. The highest BCUT2D eigenvalue weighted by molar-refractivity contribution is 5.85. The van der Waals surface area contributed by atoms with Crippen LogP contribution in [0.15, 0.2) is 0 Å². The first-order valence-corrected chi connectivity index (χ1v) is 5.40. The van der Waals surface area contributed by atoms with Gasteiger partial charge < -0.3 is 9.47 Å². The minimum atomic E-state index is -0.0486. The zero-order chi connectivity index (χ0) is 11.3. The van der Waals surface area contributed by atoms with Crippen LogP contribution in [0, 0.1) is 5.92 Å². The van der Waals surface area contributed by atoms with Gasteiger partial charge in [0.05, 0.1) is 19.1 Å². The molecule has 0 radical (unpaired) electrons. The van der Waals surface area contributed by atoms with E-state index in [1.54, 1.807) is 0 Å².